The fourth-order valence-electron chi connectivity index (χ4n) is 1.41. The smallest absolute Gasteiger partial charge is 0.283 e. The number of hydrogen-bond acceptors (Lipinski definition) is 4. The maximum Gasteiger partial charge on any atom is 0.283 e. The van der Waals surface area contributed by atoms with Crippen molar-refractivity contribution in [2.45, 2.75) is 37.8 Å². The number of imidazole rings is 1. The van der Waals surface area contributed by atoms with Crippen LogP contribution in [-0.2, 0) is 16.6 Å². The molecule has 0 aliphatic heterocycles. The Labute approximate surface area is 110 Å². The van der Waals surface area contributed by atoms with E-state index in [2.05, 4.69) is 4.98 Å². The van der Waals surface area contributed by atoms with E-state index in [1.165, 1.54) is 6.20 Å². The third kappa shape index (κ3) is 4.22. The van der Waals surface area contributed by atoms with Crippen LogP contribution < -0.4 is 4.72 Å². The molecule has 0 amide bonds. The third-order valence-corrected chi connectivity index (χ3v) is 3.72. The van der Waals surface area contributed by atoms with Gasteiger partial charge in [0.25, 0.3) is 15.9 Å². The van der Waals surface area contributed by atoms with Gasteiger partial charge in [-0.3, -0.25) is 0 Å². The van der Waals surface area contributed by atoms with Gasteiger partial charge >= 0.3 is 0 Å². The number of hydrogen-bond donors (Lipinski definition) is 2. The van der Waals surface area contributed by atoms with Crippen molar-refractivity contribution in [3.05, 3.63) is 12.0 Å². The highest BCUT2D eigenvalue weighted by Gasteiger charge is 2.31. The van der Waals surface area contributed by atoms with Gasteiger partial charge in [0, 0.05) is 12.7 Å². The minimum Gasteiger partial charge on any atom is -0.390 e. The average Bonchev–Trinajstić information content (AvgIpc) is 2.70. The number of aryl methyl sites for hydroxylation is 2. The number of nitrogens with zero attached hydrogens (tertiary/aromatic N) is 2. The zero-order chi connectivity index (χ0) is 14.7. The summed E-state index contributed by atoms with van der Waals surface area (Å²) in [4.78, 5) is 3.83. The van der Waals surface area contributed by atoms with E-state index in [1.54, 1.807) is 16.2 Å². The maximum atomic E-state index is 12.8. The van der Waals surface area contributed by atoms with Crippen molar-refractivity contribution < 1.29 is 22.3 Å². The van der Waals surface area contributed by atoms with E-state index in [0.717, 1.165) is 6.42 Å². The van der Waals surface area contributed by atoms with Crippen molar-refractivity contribution in [1.29, 1.82) is 0 Å². The molecule has 0 aromatic carbocycles. The number of rotatable bonds is 7. The van der Waals surface area contributed by atoms with E-state index < -0.39 is 29.1 Å². The predicted octanol–water partition coefficient (Wildman–Crippen LogP) is 0.507. The van der Waals surface area contributed by atoms with Gasteiger partial charge in [0.05, 0.1) is 6.54 Å². The first kappa shape index (κ1) is 16.0. The van der Waals surface area contributed by atoms with Crippen LogP contribution in [0.1, 0.15) is 19.2 Å². The van der Waals surface area contributed by atoms with Crippen molar-refractivity contribution in [2.24, 2.45) is 0 Å². The standard InChI is InChI=1S/C10H17F2N3O3S/c1-3-4-15-5-9(14-8(15)2)19(17,18)13-6-10(11,12)7-16/h5,13,16H,3-4,6-7H2,1-2H3. The number of aromatic nitrogens is 2. The van der Waals surface area contributed by atoms with E-state index in [-0.39, 0.29) is 5.03 Å². The maximum absolute atomic E-state index is 12.8. The number of aliphatic hydroxyl groups is 1. The Morgan fingerprint density at radius 2 is 2.16 bits per heavy atom. The highest BCUT2D eigenvalue weighted by molar-refractivity contribution is 7.89. The Balaban J connectivity index is 2.86. The Bertz CT molecular complexity index is 528. The molecule has 110 valence electrons. The normalized spacial score (nSPS) is 12.9. The lowest BCUT2D eigenvalue weighted by Crippen LogP contribution is -2.39. The van der Waals surface area contributed by atoms with Gasteiger partial charge < -0.3 is 9.67 Å². The first-order chi connectivity index (χ1) is 8.72. The quantitative estimate of drug-likeness (QED) is 0.768. The summed E-state index contributed by atoms with van der Waals surface area (Å²) < 4.78 is 52.5. The summed E-state index contributed by atoms with van der Waals surface area (Å²) in [6, 6.07) is 0. The van der Waals surface area contributed by atoms with Crippen molar-refractivity contribution in [3.8, 4) is 0 Å². The summed E-state index contributed by atoms with van der Waals surface area (Å²) in [6.45, 7) is 1.58. The number of nitrogens with one attached hydrogen (secondary N) is 1. The summed E-state index contributed by atoms with van der Waals surface area (Å²) >= 11 is 0. The molecule has 0 bridgehead atoms. The molecule has 0 aliphatic carbocycles. The molecule has 9 heteroatoms. The van der Waals surface area contributed by atoms with Crippen LogP contribution in [0.4, 0.5) is 8.78 Å². The Morgan fingerprint density at radius 3 is 2.68 bits per heavy atom. The third-order valence-electron chi connectivity index (χ3n) is 2.45. The Morgan fingerprint density at radius 1 is 1.53 bits per heavy atom. The van der Waals surface area contributed by atoms with Gasteiger partial charge in [-0.15, -0.1) is 0 Å². The lowest BCUT2D eigenvalue weighted by atomic mass is 10.4. The SMILES string of the molecule is CCCn1cc(S(=O)(=O)NCC(F)(F)CO)nc1C. The molecule has 1 aromatic heterocycles. The molecule has 0 fully saturated rings. The van der Waals surface area contributed by atoms with Crippen LogP contribution >= 0.6 is 0 Å². The van der Waals surface area contributed by atoms with Crippen LogP contribution in [0.2, 0.25) is 0 Å². The zero-order valence-corrected chi connectivity index (χ0v) is 11.5. The van der Waals surface area contributed by atoms with Gasteiger partial charge in [0.1, 0.15) is 12.4 Å². The van der Waals surface area contributed by atoms with Crippen LogP contribution in [0, 0.1) is 6.92 Å². The van der Waals surface area contributed by atoms with Crippen LogP contribution in [0.25, 0.3) is 0 Å². The second kappa shape index (κ2) is 5.93. The summed E-state index contributed by atoms with van der Waals surface area (Å²) in [5.41, 5.74) is 0. The predicted molar refractivity (Wildman–Crippen MR) is 64.5 cm³/mol. The fourth-order valence-corrected chi connectivity index (χ4v) is 2.47. The monoisotopic (exact) mass is 297 g/mol. The van der Waals surface area contributed by atoms with Crippen molar-refractivity contribution >= 4 is 10.0 Å². The molecule has 19 heavy (non-hydrogen) atoms. The van der Waals surface area contributed by atoms with Crippen LogP contribution in [0.3, 0.4) is 0 Å². The summed E-state index contributed by atoms with van der Waals surface area (Å²) in [6.07, 6.45) is 2.10. The summed E-state index contributed by atoms with van der Waals surface area (Å²) in [5.74, 6) is -3.00. The molecule has 1 rings (SSSR count). The lowest BCUT2D eigenvalue weighted by Gasteiger charge is -2.13. The summed E-state index contributed by atoms with van der Waals surface area (Å²) in [7, 11) is -4.10. The largest absolute Gasteiger partial charge is 0.390 e. The molecule has 6 nitrogen and oxygen atoms in total. The van der Waals surface area contributed by atoms with E-state index >= 15 is 0 Å². The van der Waals surface area contributed by atoms with Gasteiger partial charge in [-0.2, -0.15) is 0 Å². The zero-order valence-electron chi connectivity index (χ0n) is 10.7. The van der Waals surface area contributed by atoms with Crippen molar-refractivity contribution in [1.82, 2.24) is 14.3 Å². The highest BCUT2D eigenvalue weighted by Crippen LogP contribution is 2.13. The van der Waals surface area contributed by atoms with Crippen LogP contribution in [-0.4, -0.2) is 42.1 Å². The van der Waals surface area contributed by atoms with E-state index in [1.807, 2.05) is 6.92 Å². The first-order valence-electron chi connectivity index (χ1n) is 5.74. The lowest BCUT2D eigenvalue weighted by molar-refractivity contribution is -0.0437. The van der Waals surface area contributed by atoms with Gasteiger partial charge in [-0.05, 0) is 13.3 Å². The molecule has 1 heterocycles. The average molecular weight is 297 g/mol. The Hall–Kier alpha value is -1.06. The van der Waals surface area contributed by atoms with E-state index in [4.69, 9.17) is 5.11 Å². The minimum atomic E-state index is -4.10. The highest BCUT2D eigenvalue weighted by atomic mass is 32.2. The van der Waals surface area contributed by atoms with Gasteiger partial charge in [0.2, 0.25) is 0 Å². The molecule has 0 unspecified atom stereocenters. The molecule has 0 spiro atoms. The topological polar surface area (TPSA) is 84.2 Å². The van der Waals surface area contributed by atoms with Gasteiger partial charge in [-0.1, -0.05) is 6.92 Å². The fraction of sp³-hybridized carbons (Fsp3) is 0.700. The second-order valence-corrected chi connectivity index (χ2v) is 5.87. The molecule has 2 N–H and O–H groups in total. The number of sulfonamides is 1. The summed E-state index contributed by atoms with van der Waals surface area (Å²) in [5, 5.41) is 8.08. The van der Waals surface area contributed by atoms with Crippen LogP contribution in [0.5, 0.6) is 0 Å². The molecular formula is C10H17F2N3O3S. The van der Waals surface area contributed by atoms with Crippen molar-refractivity contribution in [2.75, 3.05) is 13.2 Å². The number of halogens is 2. The van der Waals surface area contributed by atoms with Gasteiger partial charge in [0.15, 0.2) is 5.03 Å². The second-order valence-electron chi connectivity index (χ2n) is 4.16. The number of alkyl halides is 2. The van der Waals surface area contributed by atoms with Crippen molar-refractivity contribution in [3.63, 3.8) is 0 Å². The van der Waals surface area contributed by atoms with Crippen LogP contribution in [0.15, 0.2) is 11.2 Å². The molecule has 0 aliphatic rings. The number of aliphatic hydroxyl groups excluding tert-OH is 1. The molecule has 0 atom stereocenters. The van der Waals surface area contributed by atoms with Gasteiger partial charge in [-0.25, -0.2) is 26.9 Å². The molecular weight excluding hydrogens is 280 g/mol. The minimum absolute atomic E-state index is 0.299. The molecule has 1 aromatic rings. The Kier molecular flexibility index (Phi) is 4.99. The molecule has 0 radical (unpaired) electrons. The molecule has 0 saturated heterocycles. The van der Waals surface area contributed by atoms with E-state index in [9.17, 15) is 17.2 Å². The first-order valence-corrected chi connectivity index (χ1v) is 7.22. The van der Waals surface area contributed by atoms with E-state index in [0.29, 0.717) is 12.4 Å². The molecule has 0 saturated carbocycles.